The van der Waals surface area contributed by atoms with E-state index in [9.17, 15) is 4.79 Å². The molecule has 0 aromatic carbocycles. The predicted molar refractivity (Wildman–Crippen MR) is 95.5 cm³/mol. The predicted octanol–water partition coefficient (Wildman–Crippen LogP) is 3.54. The van der Waals surface area contributed by atoms with E-state index in [-0.39, 0.29) is 5.91 Å². The Hall–Kier alpha value is -1.88. The molecule has 2 aromatic heterocycles. The van der Waals surface area contributed by atoms with E-state index in [4.69, 9.17) is 0 Å². The summed E-state index contributed by atoms with van der Waals surface area (Å²) in [5.74, 6) is 1.55. The largest absolute Gasteiger partial charge is 0.363 e. The SMILES string of the molecule is Cc1ccsc1C(=O)N1CCC[C@@H](c2ccnc(N(C)C)c2)C1. The molecule has 1 fully saturated rings. The number of hydrogen-bond acceptors (Lipinski definition) is 4. The van der Waals surface area contributed by atoms with Crippen LogP contribution < -0.4 is 4.90 Å². The van der Waals surface area contributed by atoms with Crippen molar-refractivity contribution in [3.8, 4) is 0 Å². The second-order valence-electron chi connectivity index (χ2n) is 6.36. The fourth-order valence-electron chi connectivity index (χ4n) is 3.10. The number of carbonyl (C=O) groups excluding carboxylic acids is 1. The third-order valence-electron chi connectivity index (χ3n) is 4.46. The van der Waals surface area contributed by atoms with Gasteiger partial charge in [0.15, 0.2) is 0 Å². The fraction of sp³-hybridized carbons (Fsp3) is 0.444. The molecular formula is C18H23N3OS. The Bertz CT molecular complexity index is 695. The molecule has 1 atom stereocenters. The van der Waals surface area contributed by atoms with Crippen LogP contribution in [0.25, 0.3) is 0 Å². The first-order valence-corrected chi connectivity index (χ1v) is 8.91. The van der Waals surface area contributed by atoms with Gasteiger partial charge in [-0.1, -0.05) is 0 Å². The summed E-state index contributed by atoms with van der Waals surface area (Å²) >= 11 is 1.55. The molecule has 0 spiro atoms. The van der Waals surface area contributed by atoms with Gasteiger partial charge in [0.05, 0.1) is 4.88 Å². The summed E-state index contributed by atoms with van der Waals surface area (Å²) < 4.78 is 0. The van der Waals surface area contributed by atoms with Crippen molar-refractivity contribution in [3.63, 3.8) is 0 Å². The quantitative estimate of drug-likeness (QED) is 0.864. The number of piperidine rings is 1. The molecule has 1 aliphatic rings. The number of nitrogens with zero attached hydrogens (tertiary/aromatic N) is 3. The van der Waals surface area contributed by atoms with Crippen LogP contribution in [0.4, 0.5) is 5.82 Å². The standard InChI is InChI=1S/C18H23N3OS/c1-13-7-10-23-17(13)18(22)21-9-4-5-15(12-21)14-6-8-19-16(11-14)20(2)3/h6-8,10-11,15H,4-5,9,12H2,1-3H3/t15-/m1/s1. The maximum absolute atomic E-state index is 12.7. The number of carbonyl (C=O) groups is 1. The van der Waals surface area contributed by atoms with Crippen molar-refractivity contribution in [2.45, 2.75) is 25.7 Å². The number of thiophene rings is 1. The van der Waals surface area contributed by atoms with Gasteiger partial charge in [-0.15, -0.1) is 11.3 Å². The van der Waals surface area contributed by atoms with Gasteiger partial charge in [0, 0.05) is 39.3 Å². The van der Waals surface area contributed by atoms with Gasteiger partial charge < -0.3 is 9.80 Å². The molecule has 23 heavy (non-hydrogen) atoms. The van der Waals surface area contributed by atoms with Gasteiger partial charge in [-0.3, -0.25) is 4.79 Å². The molecule has 3 rings (SSSR count). The highest BCUT2D eigenvalue weighted by atomic mass is 32.1. The minimum Gasteiger partial charge on any atom is -0.363 e. The van der Waals surface area contributed by atoms with Gasteiger partial charge in [0.2, 0.25) is 0 Å². The summed E-state index contributed by atoms with van der Waals surface area (Å²) in [7, 11) is 4.00. The summed E-state index contributed by atoms with van der Waals surface area (Å²) in [6.45, 7) is 3.67. The highest BCUT2D eigenvalue weighted by Crippen LogP contribution is 2.30. The first-order chi connectivity index (χ1) is 11.1. The van der Waals surface area contributed by atoms with Gasteiger partial charge >= 0.3 is 0 Å². The third kappa shape index (κ3) is 3.39. The van der Waals surface area contributed by atoms with Crippen LogP contribution in [0.5, 0.6) is 0 Å². The maximum atomic E-state index is 12.7. The molecule has 0 aliphatic carbocycles. The van der Waals surface area contributed by atoms with Gasteiger partial charge in [-0.05, 0) is 54.5 Å². The van der Waals surface area contributed by atoms with Crippen LogP contribution in [0.15, 0.2) is 29.8 Å². The molecule has 0 bridgehead atoms. The zero-order chi connectivity index (χ0) is 16.4. The number of amides is 1. The maximum Gasteiger partial charge on any atom is 0.264 e. The smallest absolute Gasteiger partial charge is 0.264 e. The van der Waals surface area contributed by atoms with Crippen LogP contribution in [0.3, 0.4) is 0 Å². The number of hydrogen-bond donors (Lipinski definition) is 0. The van der Waals surface area contributed by atoms with E-state index in [1.807, 2.05) is 48.5 Å². The molecule has 3 heterocycles. The molecule has 0 unspecified atom stereocenters. The van der Waals surface area contributed by atoms with E-state index in [0.717, 1.165) is 42.2 Å². The zero-order valence-electron chi connectivity index (χ0n) is 14.0. The Balaban J connectivity index is 1.77. The summed E-state index contributed by atoms with van der Waals surface area (Å²) in [5, 5.41) is 2.00. The fourth-order valence-corrected chi connectivity index (χ4v) is 3.99. The minimum atomic E-state index is 0.184. The van der Waals surface area contributed by atoms with E-state index >= 15 is 0 Å². The summed E-state index contributed by atoms with van der Waals surface area (Å²) in [5.41, 5.74) is 2.37. The summed E-state index contributed by atoms with van der Waals surface area (Å²) in [6.07, 6.45) is 4.05. The molecule has 5 heteroatoms. The molecule has 1 aliphatic heterocycles. The molecule has 2 aromatic rings. The van der Waals surface area contributed by atoms with Crippen LogP contribution in [0, 0.1) is 6.92 Å². The average molecular weight is 329 g/mol. The third-order valence-corrected chi connectivity index (χ3v) is 5.47. The van der Waals surface area contributed by atoms with E-state index in [0.29, 0.717) is 5.92 Å². The Morgan fingerprint density at radius 3 is 2.91 bits per heavy atom. The van der Waals surface area contributed by atoms with Gasteiger partial charge in [-0.2, -0.15) is 0 Å². The van der Waals surface area contributed by atoms with Crippen molar-refractivity contribution >= 4 is 23.1 Å². The van der Waals surface area contributed by atoms with Gasteiger partial charge in [0.25, 0.3) is 5.91 Å². The van der Waals surface area contributed by atoms with E-state index in [1.54, 1.807) is 11.3 Å². The lowest BCUT2D eigenvalue weighted by Gasteiger charge is -2.33. The van der Waals surface area contributed by atoms with E-state index in [1.165, 1.54) is 5.56 Å². The topological polar surface area (TPSA) is 36.4 Å². The summed E-state index contributed by atoms with van der Waals surface area (Å²) in [4.78, 5) is 22.1. The normalized spacial score (nSPS) is 18.0. The van der Waals surface area contributed by atoms with Crippen molar-refractivity contribution in [1.29, 1.82) is 0 Å². The van der Waals surface area contributed by atoms with Crippen LogP contribution in [0.2, 0.25) is 0 Å². The molecule has 0 saturated carbocycles. The lowest BCUT2D eigenvalue weighted by Crippen LogP contribution is -2.39. The number of likely N-dealkylation sites (tertiary alicyclic amines) is 1. The van der Waals surface area contributed by atoms with Crippen LogP contribution in [0.1, 0.15) is 39.6 Å². The van der Waals surface area contributed by atoms with Crippen molar-refractivity contribution in [1.82, 2.24) is 9.88 Å². The van der Waals surface area contributed by atoms with Crippen LogP contribution >= 0.6 is 11.3 Å². The Kier molecular flexibility index (Phi) is 4.66. The lowest BCUT2D eigenvalue weighted by molar-refractivity contribution is 0.0711. The molecule has 122 valence electrons. The number of pyridine rings is 1. The number of rotatable bonds is 3. The minimum absolute atomic E-state index is 0.184. The molecule has 1 amide bonds. The van der Waals surface area contributed by atoms with Crippen molar-refractivity contribution in [2.24, 2.45) is 0 Å². The Labute approximate surface area is 141 Å². The second kappa shape index (κ2) is 6.71. The van der Waals surface area contributed by atoms with Gasteiger partial charge in [0.1, 0.15) is 5.82 Å². The van der Waals surface area contributed by atoms with Crippen LogP contribution in [-0.4, -0.2) is 43.0 Å². The molecule has 4 nitrogen and oxygen atoms in total. The highest BCUT2D eigenvalue weighted by molar-refractivity contribution is 7.12. The Morgan fingerprint density at radius 2 is 2.22 bits per heavy atom. The van der Waals surface area contributed by atoms with E-state index in [2.05, 4.69) is 17.1 Å². The van der Waals surface area contributed by atoms with Crippen LogP contribution in [-0.2, 0) is 0 Å². The molecule has 0 radical (unpaired) electrons. The molecular weight excluding hydrogens is 306 g/mol. The number of anilines is 1. The average Bonchev–Trinajstić information content (AvgIpc) is 3.00. The van der Waals surface area contributed by atoms with E-state index < -0.39 is 0 Å². The number of aryl methyl sites for hydroxylation is 1. The van der Waals surface area contributed by atoms with Gasteiger partial charge in [-0.25, -0.2) is 4.98 Å². The second-order valence-corrected chi connectivity index (χ2v) is 7.28. The molecule has 1 saturated heterocycles. The zero-order valence-corrected chi connectivity index (χ0v) is 14.8. The number of aromatic nitrogens is 1. The van der Waals surface area contributed by atoms with Crippen molar-refractivity contribution in [3.05, 3.63) is 45.8 Å². The Morgan fingerprint density at radius 1 is 1.39 bits per heavy atom. The molecule has 0 N–H and O–H groups in total. The highest BCUT2D eigenvalue weighted by Gasteiger charge is 2.27. The summed E-state index contributed by atoms with van der Waals surface area (Å²) in [6, 6.07) is 6.25. The lowest BCUT2D eigenvalue weighted by atomic mass is 9.91. The monoisotopic (exact) mass is 329 g/mol. The first-order valence-electron chi connectivity index (χ1n) is 8.03. The first kappa shape index (κ1) is 16.0. The van der Waals surface area contributed by atoms with Crippen molar-refractivity contribution in [2.75, 3.05) is 32.1 Å². The van der Waals surface area contributed by atoms with Crippen molar-refractivity contribution < 1.29 is 4.79 Å².